The van der Waals surface area contributed by atoms with E-state index in [9.17, 15) is 15.0 Å². The lowest BCUT2D eigenvalue weighted by Gasteiger charge is -2.28. The van der Waals surface area contributed by atoms with Gasteiger partial charge in [0.25, 0.3) is 0 Å². The molecule has 0 spiro atoms. The first-order valence-electron chi connectivity index (χ1n) is 12.2. The molecule has 0 radical (unpaired) electrons. The highest BCUT2D eigenvalue weighted by molar-refractivity contribution is 6.21. The molecule has 5 heteroatoms. The molecular weight excluding hydrogens is 412 g/mol. The summed E-state index contributed by atoms with van der Waals surface area (Å²) in [6.07, 6.45) is 11.2. The van der Waals surface area contributed by atoms with E-state index < -0.39 is 6.10 Å². The van der Waals surface area contributed by atoms with Crippen LogP contribution in [0.25, 0.3) is 0 Å². The number of esters is 1. The average Bonchev–Trinajstić information content (AvgIpc) is 3.08. The second-order valence-electron chi connectivity index (χ2n) is 9.55. The Morgan fingerprint density at radius 3 is 2.45 bits per heavy atom. The molecule has 2 N–H and O–H groups in total. The van der Waals surface area contributed by atoms with Crippen molar-refractivity contribution in [1.82, 2.24) is 0 Å². The summed E-state index contributed by atoms with van der Waals surface area (Å²) in [4.78, 5) is 11.2. The monoisotopic (exact) mass is 450 g/mol. The summed E-state index contributed by atoms with van der Waals surface area (Å²) in [5.41, 5.74) is 2.12. The van der Waals surface area contributed by atoms with Gasteiger partial charge in [-0.15, -0.1) is 11.6 Å². The van der Waals surface area contributed by atoms with Crippen LogP contribution in [0.3, 0.4) is 0 Å². The van der Waals surface area contributed by atoms with Gasteiger partial charge in [-0.2, -0.15) is 0 Å². The summed E-state index contributed by atoms with van der Waals surface area (Å²) in [5, 5.41) is 21.5. The number of benzene rings is 1. The van der Waals surface area contributed by atoms with Gasteiger partial charge in [0.2, 0.25) is 0 Å². The maximum atomic E-state index is 11.2. The summed E-state index contributed by atoms with van der Waals surface area (Å²) in [7, 11) is 1.43. The average molecular weight is 451 g/mol. The number of aliphatic hydroxyl groups excluding tert-OH is 2. The molecule has 0 aromatic heterocycles. The third kappa shape index (κ3) is 6.69. The van der Waals surface area contributed by atoms with Crippen LogP contribution >= 0.6 is 11.6 Å². The molecule has 0 bridgehead atoms. The lowest BCUT2D eigenvalue weighted by molar-refractivity contribution is -0.140. The molecule has 0 heterocycles. The fourth-order valence-corrected chi connectivity index (χ4v) is 6.10. The minimum Gasteiger partial charge on any atom is -0.469 e. The first-order chi connectivity index (χ1) is 15.0. The van der Waals surface area contributed by atoms with Crippen LogP contribution in [0.4, 0.5) is 0 Å². The van der Waals surface area contributed by atoms with Crippen LogP contribution in [-0.2, 0) is 9.53 Å². The molecule has 2 aliphatic rings. The van der Waals surface area contributed by atoms with E-state index in [2.05, 4.69) is 16.9 Å². The highest BCUT2D eigenvalue weighted by atomic mass is 35.5. The number of carbonyl (C=O) groups is 1. The molecule has 5 atom stereocenters. The highest BCUT2D eigenvalue weighted by Crippen LogP contribution is 2.45. The number of hydrogen-bond donors (Lipinski definition) is 2. The summed E-state index contributed by atoms with van der Waals surface area (Å²) in [6, 6.07) is 8.28. The van der Waals surface area contributed by atoms with Gasteiger partial charge in [0.1, 0.15) is 0 Å². The van der Waals surface area contributed by atoms with Crippen LogP contribution in [0.5, 0.6) is 0 Å². The third-order valence-electron chi connectivity index (χ3n) is 7.46. The molecule has 174 valence electrons. The molecule has 1 unspecified atom stereocenters. The SMILES string of the molecule is COC(=O)CCCCCC[C@@H]1[C@H](c2ccc(C(O)C3CCCCC3)cc2)[C@H](O)C[C@H]1Cl. The summed E-state index contributed by atoms with van der Waals surface area (Å²) in [6.45, 7) is 0. The highest BCUT2D eigenvalue weighted by Gasteiger charge is 2.41. The predicted molar refractivity (Wildman–Crippen MR) is 124 cm³/mol. The van der Waals surface area contributed by atoms with Crippen molar-refractivity contribution in [2.24, 2.45) is 11.8 Å². The zero-order chi connectivity index (χ0) is 22.2. The quantitative estimate of drug-likeness (QED) is 0.265. The first-order valence-corrected chi connectivity index (χ1v) is 12.6. The molecule has 1 aromatic rings. The van der Waals surface area contributed by atoms with Crippen molar-refractivity contribution in [2.45, 2.75) is 101 Å². The second kappa shape index (κ2) is 12.2. The molecule has 2 saturated carbocycles. The van der Waals surface area contributed by atoms with Gasteiger partial charge < -0.3 is 14.9 Å². The first kappa shape index (κ1) is 24.5. The van der Waals surface area contributed by atoms with Gasteiger partial charge in [-0.05, 0) is 55.1 Å². The molecule has 0 aliphatic heterocycles. The van der Waals surface area contributed by atoms with Gasteiger partial charge in [0.15, 0.2) is 0 Å². The second-order valence-corrected chi connectivity index (χ2v) is 10.1. The van der Waals surface area contributed by atoms with E-state index in [4.69, 9.17) is 11.6 Å². The number of alkyl halides is 1. The van der Waals surface area contributed by atoms with Gasteiger partial charge in [-0.3, -0.25) is 4.79 Å². The lowest BCUT2D eigenvalue weighted by atomic mass is 9.81. The van der Waals surface area contributed by atoms with E-state index >= 15 is 0 Å². The van der Waals surface area contributed by atoms with Crippen molar-refractivity contribution in [2.75, 3.05) is 7.11 Å². The summed E-state index contributed by atoms with van der Waals surface area (Å²) in [5.74, 6) is 0.539. The van der Waals surface area contributed by atoms with Crippen molar-refractivity contribution in [1.29, 1.82) is 0 Å². The number of aliphatic hydroxyl groups is 2. The molecule has 2 aliphatic carbocycles. The smallest absolute Gasteiger partial charge is 0.305 e. The number of unbranched alkanes of at least 4 members (excludes halogenated alkanes) is 3. The molecule has 4 nitrogen and oxygen atoms in total. The lowest BCUT2D eigenvalue weighted by Crippen LogP contribution is -2.19. The fourth-order valence-electron chi connectivity index (χ4n) is 5.63. The largest absolute Gasteiger partial charge is 0.469 e. The van der Waals surface area contributed by atoms with E-state index in [0.29, 0.717) is 18.8 Å². The summed E-state index contributed by atoms with van der Waals surface area (Å²) >= 11 is 6.64. The normalized spacial score (nSPS) is 27.9. The molecule has 3 rings (SSSR count). The van der Waals surface area contributed by atoms with Crippen LogP contribution < -0.4 is 0 Å². The Kier molecular flexibility index (Phi) is 9.68. The molecular formula is C26H39ClO4. The zero-order valence-electron chi connectivity index (χ0n) is 18.8. The Bertz CT molecular complexity index is 670. The molecule has 2 fully saturated rings. The standard InChI is InChI=1S/C26H39ClO4/c1-31-24(29)12-8-3-2-7-11-21-22(27)17-23(28)25(21)18-13-15-20(16-14-18)26(30)19-9-5-4-6-10-19/h13-16,19,21-23,25-26,28,30H,2-12,17H2,1H3/t21-,22+,23+,25-,26?/m0/s1. The van der Waals surface area contributed by atoms with Crippen molar-refractivity contribution < 1.29 is 19.7 Å². The van der Waals surface area contributed by atoms with Crippen LogP contribution in [0.15, 0.2) is 24.3 Å². The Balaban J connectivity index is 1.54. The maximum Gasteiger partial charge on any atom is 0.305 e. The predicted octanol–water partition coefficient (Wildman–Crippen LogP) is 5.89. The summed E-state index contributed by atoms with van der Waals surface area (Å²) < 4.78 is 4.68. The van der Waals surface area contributed by atoms with E-state index in [-0.39, 0.29) is 29.3 Å². The number of ether oxygens (including phenoxy) is 1. The van der Waals surface area contributed by atoms with Gasteiger partial charge in [0.05, 0.1) is 19.3 Å². The Morgan fingerprint density at radius 2 is 1.77 bits per heavy atom. The van der Waals surface area contributed by atoms with Crippen LogP contribution in [0, 0.1) is 11.8 Å². The molecule has 31 heavy (non-hydrogen) atoms. The Labute approximate surface area is 192 Å². The van der Waals surface area contributed by atoms with E-state index in [0.717, 1.165) is 56.1 Å². The van der Waals surface area contributed by atoms with Crippen molar-refractivity contribution in [3.63, 3.8) is 0 Å². The van der Waals surface area contributed by atoms with Crippen LogP contribution in [-0.4, -0.2) is 34.8 Å². The Morgan fingerprint density at radius 1 is 1.10 bits per heavy atom. The van der Waals surface area contributed by atoms with Gasteiger partial charge in [0, 0.05) is 17.7 Å². The number of hydrogen-bond acceptors (Lipinski definition) is 4. The number of halogens is 1. The fraction of sp³-hybridized carbons (Fsp3) is 0.731. The Hall–Kier alpha value is -1.10. The number of rotatable bonds is 10. The zero-order valence-corrected chi connectivity index (χ0v) is 19.6. The maximum absolute atomic E-state index is 11.2. The van der Waals surface area contributed by atoms with E-state index in [1.165, 1.54) is 26.4 Å². The number of carbonyl (C=O) groups excluding carboxylic acids is 1. The minimum atomic E-state index is -0.416. The molecule has 0 saturated heterocycles. The van der Waals surface area contributed by atoms with Crippen molar-refractivity contribution in [3.8, 4) is 0 Å². The minimum absolute atomic E-state index is 0.0115. The van der Waals surface area contributed by atoms with Gasteiger partial charge in [-0.1, -0.05) is 62.8 Å². The van der Waals surface area contributed by atoms with Crippen LogP contribution in [0.2, 0.25) is 0 Å². The number of methoxy groups -OCH3 is 1. The van der Waals surface area contributed by atoms with Crippen molar-refractivity contribution >= 4 is 17.6 Å². The van der Waals surface area contributed by atoms with E-state index in [1.54, 1.807) is 0 Å². The van der Waals surface area contributed by atoms with E-state index in [1.807, 2.05) is 12.1 Å². The topological polar surface area (TPSA) is 66.8 Å². The van der Waals surface area contributed by atoms with Crippen molar-refractivity contribution in [3.05, 3.63) is 35.4 Å². The van der Waals surface area contributed by atoms with Gasteiger partial charge in [-0.25, -0.2) is 0 Å². The van der Waals surface area contributed by atoms with Crippen LogP contribution in [0.1, 0.15) is 100 Å². The van der Waals surface area contributed by atoms with Gasteiger partial charge >= 0.3 is 5.97 Å². The molecule has 0 amide bonds. The third-order valence-corrected chi connectivity index (χ3v) is 7.96. The molecule has 1 aromatic carbocycles.